The highest BCUT2D eigenvalue weighted by atomic mass is 35.5. The summed E-state index contributed by atoms with van der Waals surface area (Å²) in [4.78, 5) is 52.3. The predicted octanol–water partition coefficient (Wildman–Crippen LogP) is 2.38. The highest BCUT2D eigenvalue weighted by Gasteiger charge is 2.42. The number of carbonyl (C=O) groups excluding carboxylic acids is 4. The molecule has 2 rings (SSSR count). The molecule has 1 fully saturated rings. The maximum Gasteiger partial charge on any atom is 0.410 e. The number of nitrogens with zero attached hydrogens (tertiary/aromatic N) is 2. The highest BCUT2D eigenvalue weighted by molar-refractivity contribution is 6.41. The van der Waals surface area contributed by atoms with Gasteiger partial charge in [0.25, 0.3) is 11.8 Å². The van der Waals surface area contributed by atoms with Gasteiger partial charge >= 0.3 is 12.1 Å². The van der Waals surface area contributed by atoms with Gasteiger partial charge in [0.1, 0.15) is 11.2 Å². The molecule has 1 atom stereocenters. The van der Waals surface area contributed by atoms with Crippen LogP contribution >= 0.6 is 23.2 Å². The predicted molar refractivity (Wildman–Crippen MR) is 112 cm³/mol. The number of amides is 3. The third-order valence-corrected chi connectivity index (χ3v) is 5.22. The average Bonchev–Trinajstić information content (AvgIpc) is 3.10. The Morgan fingerprint density at radius 1 is 1.27 bits per heavy atom. The number of aromatic nitrogens is 1. The topological polar surface area (TPSA) is 127 Å². The molecule has 1 unspecified atom stereocenters. The lowest BCUT2D eigenvalue weighted by Crippen LogP contribution is -2.49. The monoisotopic (exact) mass is 510 g/mol. The molecular weight excluding hydrogens is 489 g/mol. The minimum absolute atomic E-state index is 0.0173. The Morgan fingerprint density at radius 3 is 2.61 bits per heavy atom. The lowest BCUT2D eigenvalue weighted by molar-refractivity contribution is -0.149. The van der Waals surface area contributed by atoms with Crippen LogP contribution in [0.15, 0.2) is 12.3 Å². The lowest BCUT2D eigenvalue weighted by Gasteiger charge is -2.24. The molecule has 0 aliphatic carbocycles. The van der Waals surface area contributed by atoms with Crippen LogP contribution < -0.4 is 10.6 Å². The van der Waals surface area contributed by atoms with Crippen LogP contribution in [-0.4, -0.2) is 72.2 Å². The number of alkyl halides is 2. The van der Waals surface area contributed by atoms with Gasteiger partial charge in [0.15, 0.2) is 0 Å². The van der Waals surface area contributed by atoms with Gasteiger partial charge in [-0.1, -0.05) is 23.2 Å². The van der Waals surface area contributed by atoms with E-state index in [4.69, 9.17) is 23.2 Å². The summed E-state index contributed by atoms with van der Waals surface area (Å²) in [6.07, 6.45) is -0.0684. The number of ether oxygens (including phenoxy) is 2. The zero-order valence-corrected chi connectivity index (χ0v) is 19.0. The summed E-state index contributed by atoms with van der Waals surface area (Å²) in [5.74, 6) is -4.88. The number of halogens is 4. The van der Waals surface area contributed by atoms with E-state index in [9.17, 15) is 28.0 Å². The summed E-state index contributed by atoms with van der Waals surface area (Å²) in [5, 5.41) is 5.04. The molecule has 1 saturated heterocycles. The zero-order chi connectivity index (χ0) is 24.6. The van der Waals surface area contributed by atoms with Crippen LogP contribution in [0.1, 0.15) is 36.5 Å². The zero-order valence-electron chi connectivity index (χ0n) is 17.5. The first-order valence-electron chi connectivity index (χ1n) is 9.81. The van der Waals surface area contributed by atoms with E-state index >= 15 is 0 Å². The number of alkyl carbamates (subject to hydrolysis) is 1. The van der Waals surface area contributed by atoms with Crippen molar-refractivity contribution in [1.82, 2.24) is 20.5 Å². The molecule has 0 spiro atoms. The van der Waals surface area contributed by atoms with Gasteiger partial charge in [-0.3, -0.25) is 14.4 Å². The van der Waals surface area contributed by atoms with E-state index in [1.165, 1.54) is 12.3 Å². The Morgan fingerprint density at radius 2 is 2.00 bits per heavy atom. The largest absolute Gasteiger partial charge is 0.428 e. The molecule has 1 aromatic heterocycles. The first-order chi connectivity index (χ1) is 15.5. The van der Waals surface area contributed by atoms with Gasteiger partial charge in [-0.25, -0.2) is 18.6 Å². The Kier molecular flexibility index (Phi) is 9.59. The second-order valence-electron chi connectivity index (χ2n) is 7.14. The van der Waals surface area contributed by atoms with E-state index in [-0.39, 0.29) is 41.7 Å². The molecule has 2 heterocycles. The van der Waals surface area contributed by atoms with Crippen molar-refractivity contribution < 1.29 is 37.4 Å². The van der Waals surface area contributed by atoms with Crippen molar-refractivity contribution in [2.75, 3.05) is 26.4 Å². The number of pyridine rings is 1. The SMILES string of the molecule is CC(=O)OCOC(=O)NC(CCCNC(=O)c1cnc(Cl)c(Cl)c1)C(=O)N1CCC(F)(F)C1. The molecule has 2 N–H and O–H groups in total. The molecule has 1 aliphatic rings. The number of hydrogen-bond acceptors (Lipinski definition) is 7. The second-order valence-corrected chi connectivity index (χ2v) is 7.91. The highest BCUT2D eigenvalue weighted by Crippen LogP contribution is 2.27. The third-order valence-electron chi connectivity index (χ3n) is 4.54. The fraction of sp³-hybridized carbons (Fsp3) is 0.526. The van der Waals surface area contributed by atoms with Gasteiger partial charge in [-0.2, -0.15) is 0 Å². The van der Waals surface area contributed by atoms with Crippen LogP contribution in [0.4, 0.5) is 13.6 Å². The lowest BCUT2D eigenvalue weighted by atomic mass is 10.1. The van der Waals surface area contributed by atoms with Gasteiger partial charge in [0, 0.05) is 32.6 Å². The van der Waals surface area contributed by atoms with Gasteiger partial charge in [-0.05, 0) is 18.9 Å². The first kappa shape index (κ1) is 26.5. The van der Waals surface area contributed by atoms with Crippen LogP contribution in [0, 0.1) is 0 Å². The molecule has 182 valence electrons. The van der Waals surface area contributed by atoms with Crippen molar-refractivity contribution in [3.63, 3.8) is 0 Å². The molecule has 0 bridgehead atoms. The number of nitrogens with one attached hydrogen (secondary N) is 2. The van der Waals surface area contributed by atoms with E-state index in [1.54, 1.807) is 0 Å². The van der Waals surface area contributed by atoms with E-state index in [0.29, 0.717) is 0 Å². The molecule has 10 nitrogen and oxygen atoms in total. The van der Waals surface area contributed by atoms with E-state index in [2.05, 4.69) is 25.1 Å². The van der Waals surface area contributed by atoms with E-state index in [1.807, 2.05) is 0 Å². The molecule has 33 heavy (non-hydrogen) atoms. The van der Waals surface area contributed by atoms with Crippen molar-refractivity contribution in [3.05, 3.63) is 28.0 Å². The smallest absolute Gasteiger partial charge is 0.410 e. The summed E-state index contributed by atoms with van der Waals surface area (Å²) in [5.41, 5.74) is 0.170. The quantitative estimate of drug-likeness (QED) is 0.226. The molecule has 0 radical (unpaired) electrons. The van der Waals surface area contributed by atoms with E-state index < -0.39 is 55.6 Å². The van der Waals surface area contributed by atoms with Gasteiger partial charge in [0.2, 0.25) is 12.7 Å². The Balaban J connectivity index is 1.91. The maximum atomic E-state index is 13.5. The Bertz CT molecular complexity index is 905. The van der Waals surface area contributed by atoms with Gasteiger partial charge in [0.05, 0.1) is 17.1 Å². The number of rotatable bonds is 9. The third kappa shape index (κ3) is 8.61. The Labute approximate surface area is 197 Å². The number of carbonyl (C=O) groups is 4. The van der Waals surface area contributed by atoms with Crippen LogP contribution in [-0.2, 0) is 19.1 Å². The standard InChI is InChI=1S/C19H22Cl2F2N4O6/c1-11(28)32-10-33-18(31)26-14(17(30)27-6-4-19(22,23)9-27)3-2-5-24-16(29)12-7-13(20)15(21)25-8-12/h7-8,14H,2-6,9-10H2,1H3,(H,24,29)(H,26,31). The summed E-state index contributed by atoms with van der Waals surface area (Å²) in [6.45, 7) is -0.370. The maximum absolute atomic E-state index is 13.5. The minimum atomic E-state index is -3.00. The average molecular weight is 511 g/mol. The molecule has 0 saturated carbocycles. The number of hydrogen-bond donors (Lipinski definition) is 2. The summed E-state index contributed by atoms with van der Waals surface area (Å²) in [6, 6.07) is 0.152. The second kappa shape index (κ2) is 11.9. The number of esters is 1. The van der Waals surface area contributed by atoms with E-state index in [0.717, 1.165) is 11.8 Å². The minimum Gasteiger partial charge on any atom is -0.428 e. The summed E-state index contributed by atoms with van der Waals surface area (Å²) >= 11 is 11.5. The van der Waals surface area contributed by atoms with Gasteiger partial charge < -0.3 is 25.0 Å². The normalized spacial score (nSPS) is 15.5. The van der Waals surface area contributed by atoms with Crippen LogP contribution in [0.25, 0.3) is 0 Å². The fourth-order valence-corrected chi connectivity index (χ4v) is 3.18. The molecular formula is C19H22Cl2F2N4O6. The molecule has 0 aromatic carbocycles. The molecule has 14 heteroatoms. The molecule has 1 aliphatic heterocycles. The van der Waals surface area contributed by atoms with Crippen molar-refractivity contribution in [2.45, 2.75) is 38.2 Å². The first-order valence-corrected chi connectivity index (χ1v) is 10.6. The molecule has 3 amide bonds. The Hall–Kier alpha value is -2.73. The van der Waals surface area contributed by atoms with Crippen molar-refractivity contribution >= 4 is 47.1 Å². The molecule has 1 aromatic rings. The van der Waals surface area contributed by atoms with Gasteiger partial charge in [-0.15, -0.1) is 0 Å². The van der Waals surface area contributed by atoms with Crippen LogP contribution in [0.3, 0.4) is 0 Å². The van der Waals surface area contributed by atoms with Crippen molar-refractivity contribution in [2.24, 2.45) is 0 Å². The van der Waals surface area contributed by atoms with Crippen molar-refractivity contribution in [3.8, 4) is 0 Å². The number of likely N-dealkylation sites (tertiary alicyclic amines) is 1. The van der Waals surface area contributed by atoms with Crippen LogP contribution in [0.2, 0.25) is 10.2 Å². The van der Waals surface area contributed by atoms with Crippen LogP contribution in [0.5, 0.6) is 0 Å². The fourth-order valence-electron chi connectivity index (χ4n) is 2.91. The summed E-state index contributed by atoms with van der Waals surface area (Å²) in [7, 11) is 0. The summed E-state index contributed by atoms with van der Waals surface area (Å²) < 4.78 is 36.1. The van der Waals surface area contributed by atoms with Crippen molar-refractivity contribution in [1.29, 1.82) is 0 Å².